The molecule has 11 rings (SSSR count). The van der Waals surface area contributed by atoms with Crippen LogP contribution in [0.25, 0.3) is 61.2 Å². The molecular formula is C67H57NS. The summed E-state index contributed by atoms with van der Waals surface area (Å²) in [6, 6.07) is 59.7. The molecule has 336 valence electrons. The lowest BCUT2D eigenvalue weighted by Gasteiger charge is -2.39. The van der Waals surface area contributed by atoms with E-state index in [-0.39, 0.29) is 22.8 Å². The minimum atomic E-state index is -0.320. The maximum atomic E-state index is 4.14. The first-order chi connectivity index (χ1) is 33.8. The molecule has 3 atom stereocenters. The van der Waals surface area contributed by atoms with Gasteiger partial charge < -0.3 is 4.90 Å². The standard InChI is InChI=1S/C67H57NS/c1-7-10-11-12-20-42-67(49-24-14-13-15-25-49)58-30-19-16-26-53(58)56-43-48(37-41-59(56)67)52-28-21-32-61(45(52)4)68(62-33-22-31-60-65(62)55-27-17-18-29-57(55)66(60,5)6)50-38-34-46(35-39-50)47-36-40-54-51(9-3)63(23-8-2)69-64(54)44-47/h7-41,43-45,61H,1,3,42H2,2,4-6H3/b11-10-,20-12-,23-8-. The first kappa shape index (κ1) is 44.0. The fourth-order valence-corrected chi connectivity index (χ4v) is 13.1. The number of hydrogen-bond acceptors (Lipinski definition) is 2. The van der Waals surface area contributed by atoms with Crippen molar-refractivity contribution >= 4 is 50.5 Å². The van der Waals surface area contributed by atoms with Crippen LogP contribution in [0, 0.1) is 5.92 Å². The van der Waals surface area contributed by atoms with E-state index in [9.17, 15) is 0 Å². The zero-order valence-corrected chi connectivity index (χ0v) is 40.8. The van der Waals surface area contributed by atoms with Crippen molar-refractivity contribution in [1.29, 1.82) is 0 Å². The Labute approximate surface area is 412 Å². The Balaban J connectivity index is 1.02. The molecule has 0 aliphatic heterocycles. The highest BCUT2D eigenvalue weighted by Crippen LogP contribution is 2.57. The fourth-order valence-electron chi connectivity index (χ4n) is 11.9. The highest BCUT2D eigenvalue weighted by molar-refractivity contribution is 7.20. The number of fused-ring (bicyclic) bond motifs is 7. The molecule has 1 nitrogen and oxygen atoms in total. The van der Waals surface area contributed by atoms with E-state index in [1.54, 1.807) is 0 Å². The van der Waals surface area contributed by atoms with Gasteiger partial charge in [-0.15, -0.1) is 11.3 Å². The lowest BCUT2D eigenvalue weighted by atomic mass is 9.70. The highest BCUT2D eigenvalue weighted by atomic mass is 32.1. The average molecular weight is 908 g/mol. The SMILES string of the molecule is C=C/C=C\C=C/CC1(c2ccccc2)c2ccccc2-c2cc(C3=CC=CC(N(c4ccc(-c5ccc6c(C=C)c(/C=C\C)sc6c5)cc4)c4cccc5c4-c4ccccc4C5(C)C)C3C)ccc21. The summed E-state index contributed by atoms with van der Waals surface area (Å²) in [7, 11) is 0. The predicted molar refractivity (Wildman–Crippen MR) is 300 cm³/mol. The van der Waals surface area contributed by atoms with E-state index in [0.717, 1.165) is 6.42 Å². The van der Waals surface area contributed by atoms with Crippen LogP contribution in [0.15, 0.2) is 226 Å². The molecule has 0 saturated heterocycles. The topological polar surface area (TPSA) is 3.24 Å². The van der Waals surface area contributed by atoms with Crippen molar-refractivity contribution in [3.63, 3.8) is 0 Å². The third-order valence-corrected chi connectivity index (χ3v) is 16.3. The normalized spacial score (nSPS) is 18.6. The Morgan fingerprint density at radius 2 is 1.36 bits per heavy atom. The van der Waals surface area contributed by atoms with E-state index in [4.69, 9.17) is 0 Å². The summed E-state index contributed by atoms with van der Waals surface area (Å²) < 4.78 is 1.28. The van der Waals surface area contributed by atoms with Crippen molar-refractivity contribution in [1.82, 2.24) is 0 Å². The van der Waals surface area contributed by atoms with Crippen molar-refractivity contribution in [2.45, 2.75) is 51.0 Å². The molecule has 0 saturated carbocycles. The fraction of sp³-hybridized carbons (Fsp3) is 0.134. The van der Waals surface area contributed by atoms with E-state index in [1.165, 1.54) is 104 Å². The Morgan fingerprint density at radius 1 is 0.652 bits per heavy atom. The Hall–Kier alpha value is -7.52. The number of nitrogens with zero attached hydrogens (tertiary/aromatic N) is 1. The molecule has 3 aliphatic carbocycles. The van der Waals surface area contributed by atoms with E-state index in [2.05, 4.69) is 252 Å². The molecule has 69 heavy (non-hydrogen) atoms. The maximum Gasteiger partial charge on any atom is 0.0591 e. The Morgan fingerprint density at radius 3 is 2.14 bits per heavy atom. The lowest BCUT2D eigenvalue weighted by molar-refractivity contribution is 0.624. The summed E-state index contributed by atoms with van der Waals surface area (Å²) in [5.74, 6) is 0.148. The van der Waals surface area contributed by atoms with Crippen molar-refractivity contribution in [2.24, 2.45) is 5.92 Å². The second-order valence-electron chi connectivity index (χ2n) is 19.2. The van der Waals surface area contributed by atoms with Crippen LogP contribution in [0.4, 0.5) is 11.4 Å². The number of allylic oxidation sites excluding steroid dienone is 8. The minimum absolute atomic E-state index is 0.0285. The van der Waals surface area contributed by atoms with Crippen molar-refractivity contribution in [3.05, 3.63) is 269 Å². The van der Waals surface area contributed by atoms with E-state index >= 15 is 0 Å². The first-order valence-electron chi connectivity index (χ1n) is 24.4. The molecule has 8 aromatic rings. The Bertz CT molecular complexity index is 3460. The van der Waals surface area contributed by atoms with Gasteiger partial charge in [0, 0.05) is 48.6 Å². The molecule has 0 radical (unpaired) electrons. The van der Waals surface area contributed by atoms with Gasteiger partial charge in [0.05, 0.1) is 6.04 Å². The highest BCUT2D eigenvalue weighted by Gasteiger charge is 2.44. The molecule has 0 bridgehead atoms. The van der Waals surface area contributed by atoms with Crippen LogP contribution in [0.2, 0.25) is 0 Å². The van der Waals surface area contributed by atoms with Gasteiger partial charge in [0.1, 0.15) is 0 Å². The second-order valence-corrected chi connectivity index (χ2v) is 20.3. The predicted octanol–water partition coefficient (Wildman–Crippen LogP) is 18.4. The van der Waals surface area contributed by atoms with Gasteiger partial charge >= 0.3 is 0 Å². The minimum Gasteiger partial charge on any atom is -0.333 e. The van der Waals surface area contributed by atoms with Crippen LogP contribution in [0.1, 0.15) is 77.9 Å². The average Bonchev–Trinajstić information content (AvgIpc) is 3.97. The number of hydrogen-bond donors (Lipinski definition) is 0. The van der Waals surface area contributed by atoms with Crippen molar-refractivity contribution in [3.8, 4) is 33.4 Å². The van der Waals surface area contributed by atoms with Crippen LogP contribution >= 0.6 is 11.3 Å². The summed E-state index contributed by atoms with van der Waals surface area (Å²) >= 11 is 1.83. The summed E-state index contributed by atoms with van der Waals surface area (Å²) in [5, 5.41) is 1.26. The number of anilines is 2. The largest absolute Gasteiger partial charge is 0.333 e. The Kier molecular flexibility index (Phi) is 11.4. The number of rotatable bonds is 12. The molecule has 2 heteroatoms. The van der Waals surface area contributed by atoms with Crippen LogP contribution < -0.4 is 4.90 Å². The van der Waals surface area contributed by atoms with E-state index < -0.39 is 0 Å². The van der Waals surface area contributed by atoms with Gasteiger partial charge in [-0.1, -0.05) is 222 Å². The van der Waals surface area contributed by atoms with Gasteiger partial charge in [-0.25, -0.2) is 0 Å². The van der Waals surface area contributed by atoms with E-state index in [0.29, 0.717) is 0 Å². The summed E-state index contributed by atoms with van der Waals surface area (Å²) in [5.41, 5.74) is 20.2. The smallest absolute Gasteiger partial charge is 0.0591 e. The molecule has 7 aromatic carbocycles. The zero-order valence-electron chi connectivity index (χ0n) is 40.0. The number of benzene rings is 7. The van der Waals surface area contributed by atoms with Gasteiger partial charge in [0.15, 0.2) is 0 Å². The van der Waals surface area contributed by atoms with Crippen molar-refractivity contribution in [2.75, 3.05) is 4.90 Å². The third-order valence-electron chi connectivity index (χ3n) is 15.2. The molecule has 0 fully saturated rings. The summed E-state index contributed by atoms with van der Waals surface area (Å²) in [6.45, 7) is 17.3. The lowest BCUT2D eigenvalue weighted by Crippen LogP contribution is -2.37. The van der Waals surface area contributed by atoms with Crippen molar-refractivity contribution < 1.29 is 0 Å². The van der Waals surface area contributed by atoms with Gasteiger partial charge in [-0.3, -0.25) is 0 Å². The summed E-state index contributed by atoms with van der Waals surface area (Å²) in [4.78, 5) is 3.88. The first-order valence-corrected chi connectivity index (χ1v) is 25.2. The van der Waals surface area contributed by atoms with Crippen LogP contribution in [-0.4, -0.2) is 6.04 Å². The molecule has 3 aliphatic rings. The van der Waals surface area contributed by atoms with Crippen LogP contribution in [0.3, 0.4) is 0 Å². The van der Waals surface area contributed by atoms with Crippen LogP contribution in [0.5, 0.6) is 0 Å². The van der Waals surface area contributed by atoms with Gasteiger partial charge in [-0.2, -0.15) is 0 Å². The second kappa shape index (κ2) is 17.9. The van der Waals surface area contributed by atoms with Crippen LogP contribution in [-0.2, 0) is 10.8 Å². The maximum absolute atomic E-state index is 4.14. The monoisotopic (exact) mass is 907 g/mol. The molecular weight excluding hydrogens is 851 g/mol. The van der Waals surface area contributed by atoms with Gasteiger partial charge in [0.25, 0.3) is 0 Å². The van der Waals surface area contributed by atoms with Gasteiger partial charge in [0.2, 0.25) is 0 Å². The quantitative estimate of drug-likeness (QED) is 0.110. The summed E-state index contributed by atoms with van der Waals surface area (Å²) in [6.07, 6.45) is 24.6. The number of thiophene rings is 1. The third kappa shape index (κ3) is 7.20. The van der Waals surface area contributed by atoms with E-state index in [1.807, 2.05) is 29.6 Å². The molecule has 3 unspecified atom stereocenters. The molecule has 0 N–H and O–H groups in total. The molecule has 1 heterocycles. The van der Waals surface area contributed by atoms with Gasteiger partial charge in [-0.05, 0) is 122 Å². The molecule has 0 amide bonds. The molecule has 0 spiro atoms. The zero-order chi connectivity index (χ0) is 47.3. The molecule has 1 aromatic heterocycles.